The van der Waals surface area contributed by atoms with Crippen LogP contribution in [0.5, 0.6) is 0 Å². The van der Waals surface area contributed by atoms with E-state index in [9.17, 15) is 9.59 Å². The van der Waals surface area contributed by atoms with Crippen molar-refractivity contribution in [3.8, 4) is 0 Å². The third-order valence-corrected chi connectivity index (χ3v) is 7.03. The minimum atomic E-state index is -0.321. The Labute approximate surface area is 177 Å². The maximum atomic E-state index is 13.1. The number of amides is 2. The molecule has 0 bridgehead atoms. The fourth-order valence-corrected chi connectivity index (χ4v) is 5.56. The van der Waals surface area contributed by atoms with Gasteiger partial charge in [0.2, 0.25) is 11.8 Å². The number of likely N-dealkylation sites (tertiary alicyclic amines) is 2. The molecule has 0 aliphatic carbocycles. The van der Waals surface area contributed by atoms with Crippen molar-refractivity contribution < 1.29 is 14.3 Å². The Balaban J connectivity index is 1.29. The fourth-order valence-electron chi connectivity index (χ4n) is 5.56. The summed E-state index contributed by atoms with van der Waals surface area (Å²) < 4.78 is 6.36. The summed E-state index contributed by atoms with van der Waals surface area (Å²) in [4.78, 5) is 32.9. The molecule has 1 atom stereocenters. The standard InChI is InChI=1S/C24H31N3O3/c1-16(2)14-27-15-17(13-21(27)28)23(29)26-10-8-24(9-11-26)22-19(7-12-30-24)18-5-3-4-6-20(18)25-22/h3-6,16-17,25H,7-15H2,1-2H3. The molecule has 0 saturated carbocycles. The number of benzene rings is 1. The number of hydrogen-bond donors (Lipinski definition) is 1. The van der Waals surface area contributed by atoms with Gasteiger partial charge in [0.05, 0.1) is 18.2 Å². The van der Waals surface area contributed by atoms with Crippen LogP contribution in [0, 0.1) is 11.8 Å². The quantitative estimate of drug-likeness (QED) is 0.847. The van der Waals surface area contributed by atoms with Gasteiger partial charge in [-0.05, 0) is 36.8 Å². The monoisotopic (exact) mass is 409 g/mol. The summed E-state index contributed by atoms with van der Waals surface area (Å²) in [5.41, 5.74) is 3.43. The number of carbonyl (C=O) groups excluding carboxylic acids is 2. The van der Waals surface area contributed by atoms with Gasteiger partial charge in [-0.15, -0.1) is 0 Å². The highest BCUT2D eigenvalue weighted by Gasteiger charge is 2.45. The first-order chi connectivity index (χ1) is 14.5. The van der Waals surface area contributed by atoms with E-state index in [0.717, 1.165) is 32.4 Å². The van der Waals surface area contributed by atoms with Crippen molar-refractivity contribution in [2.45, 2.75) is 45.1 Å². The fraction of sp³-hybridized carbons (Fsp3) is 0.583. The highest BCUT2D eigenvalue weighted by Crippen LogP contribution is 2.43. The van der Waals surface area contributed by atoms with Crippen molar-refractivity contribution in [3.05, 3.63) is 35.5 Å². The minimum Gasteiger partial charge on any atom is -0.368 e. The molecule has 3 aliphatic heterocycles. The first-order valence-corrected chi connectivity index (χ1v) is 11.3. The Morgan fingerprint density at radius 2 is 2.03 bits per heavy atom. The number of hydrogen-bond acceptors (Lipinski definition) is 3. The number of para-hydroxylation sites is 1. The third-order valence-electron chi connectivity index (χ3n) is 7.03. The van der Waals surface area contributed by atoms with Crippen LogP contribution < -0.4 is 0 Å². The van der Waals surface area contributed by atoms with Crippen LogP contribution in [0.3, 0.4) is 0 Å². The van der Waals surface area contributed by atoms with Crippen LogP contribution in [-0.2, 0) is 26.3 Å². The van der Waals surface area contributed by atoms with Gasteiger partial charge >= 0.3 is 0 Å². The number of aromatic amines is 1. The van der Waals surface area contributed by atoms with Crippen molar-refractivity contribution in [2.75, 3.05) is 32.8 Å². The van der Waals surface area contributed by atoms with E-state index >= 15 is 0 Å². The maximum absolute atomic E-state index is 13.1. The molecule has 160 valence electrons. The molecule has 1 unspecified atom stereocenters. The summed E-state index contributed by atoms with van der Waals surface area (Å²) in [7, 11) is 0. The Bertz CT molecular complexity index is 971. The molecule has 1 spiro atoms. The molecule has 1 aromatic carbocycles. The third kappa shape index (κ3) is 3.22. The molecule has 1 aromatic heterocycles. The topological polar surface area (TPSA) is 65.6 Å². The average Bonchev–Trinajstić information content (AvgIpc) is 3.30. The van der Waals surface area contributed by atoms with E-state index in [1.165, 1.54) is 22.2 Å². The summed E-state index contributed by atoms with van der Waals surface area (Å²) in [6, 6.07) is 8.46. The molecule has 2 amide bonds. The molecule has 30 heavy (non-hydrogen) atoms. The van der Waals surface area contributed by atoms with E-state index in [1.807, 2.05) is 9.80 Å². The van der Waals surface area contributed by atoms with Crippen molar-refractivity contribution in [2.24, 2.45) is 11.8 Å². The van der Waals surface area contributed by atoms with Gasteiger partial charge in [-0.25, -0.2) is 0 Å². The summed E-state index contributed by atoms with van der Waals surface area (Å²) >= 11 is 0. The van der Waals surface area contributed by atoms with Gasteiger partial charge in [0.15, 0.2) is 0 Å². The van der Waals surface area contributed by atoms with Crippen molar-refractivity contribution in [1.82, 2.24) is 14.8 Å². The number of fused-ring (bicyclic) bond motifs is 4. The van der Waals surface area contributed by atoms with Crippen LogP contribution in [0.25, 0.3) is 10.9 Å². The molecule has 2 aromatic rings. The first kappa shape index (κ1) is 19.6. The lowest BCUT2D eigenvalue weighted by Crippen LogP contribution is -2.50. The van der Waals surface area contributed by atoms with Crippen molar-refractivity contribution in [3.63, 3.8) is 0 Å². The largest absolute Gasteiger partial charge is 0.368 e. The van der Waals surface area contributed by atoms with Gasteiger partial charge in [0.25, 0.3) is 0 Å². The summed E-state index contributed by atoms with van der Waals surface area (Å²) in [6.07, 6.45) is 2.89. The van der Waals surface area contributed by atoms with Gasteiger partial charge in [-0.2, -0.15) is 0 Å². The van der Waals surface area contributed by atoms with Crippen LogP contribution in [0.4, 0.5) is 0 Å². The van der Waals surface area contributed by atoms with E-state index in [1.54, 1.807) is 0 Å². The number of carbonyl (C=O) groups is 2. The van der Waals surface area contributed by atoms with E-state index in [2.05, 4.69) is 43.1 Å². The zero-order chi connectivity index (χ0) is 20.9. The predicted molar refractivity (Wildman–Crippen MR) is 115 cm³/mol. The zero-order valence-electron chi connectivity index (χ0n) is 17.9. The number of nitrogens with one attached hydrogen (secondary N) is 1. The molecule has 1 N–H and O–H groups in total. The Hall–Kier alpha value is -2.34. The normalized spacial score (nSPS) is 23.6. The van der Waals surface area contributed by atoms with Crippen molar-refractivity contribution >= 4 is 22.7 Å². The number of nitrogens with zero attached hydrogens (tertiary/aromatic N) is 2. The van der Waals surface area contributed by atoms with E-state index in [0.29, 0.717) is 32.0 Å². The molecule has 4 heterocycles. The Morgan fingerprint density at radius 3 is 2.80 bits per heavy atom. The van der Waals surface area contributed by atoms with E-state index in [-0.39, 0.29) is 23.3 Å². The lowest BCUT2D eigenvalue weighted by Gasteiger charge is -2.44. The van der Waals surface area contributed by atoms with E-state index < -0.39 is 0 Å². The molecular weight excluding hydrogens is 378 g/mol. The SMILES string of the molecule is CC(C)CN1CC(C(=O)N2CCC3(CC2)OCCc2c3[nH]c3ccccc23)CC1=O. The number of rotatable bonds is 3. The van der Waals surface area contributed by atoms with E-state index in [4.69, 9.17) is 4.74 Å². The number of aromatic nitrogens is 1. The van der Waals surface area contributed by atoms with Gasteiger partial charge in [0, 0.05) is 43.5 Å². The number of H-pyrrole nitrogens is 1. The summed E-state index contributed by atoms with van der Waals surface area (Å²) in [5, 5.41) is 1.29. The van der Waals surface area contributed by atoms with Crippen LogP contribution in [0.2, 0.25) is 0 Å². The first-order valence-electron chi connectivity index (χ1n) is 11.3. The summed E-state index contributed by atoms with van der Waals surface area (Å²) in [5.74, 6) is 0.485. The number of ether oxygens (including phenoxy) is 1. The Kier molecular flexibility index (Phi) is 4.85. The van der Waals surface area contributed by atoms with Crippen LogP contribution in [0.1, 0.15) is 44.4 Å². The molecule has 2 fully saturated rings. The van der Waals surface area contributed by atoms with Crippen molar-refractivity contribution in [1.29, 1.82) is 0 Å². The zero-order valence-corrected chi connectivity index (χ0v) is 17.9. The van der Waals surface area contributed by atoms with Gasteiger partial charge in [-0.1, -0.05) is 32.0 Å². The second-order valence-electron chi connectivity index (χ2n) is 9.54. The summed E-state index contributed by atoms with van der Waals surface area (Å²) in [6.45, 7) is 7.61. The predicted octanol–water partition coefficient (Wildman–Crippen LogP) is 3.06. The molecule has 6 heteroatoms. The highest BCUT2D eigenvalue weighted by molar-refractivity contribution is 5.89. The molecular formula is C24H31N3O3. The second kappa shape index (κ2) is 7.41. The molecule has 2 saturated heterocycles. The Morgan fingerprint density at radius 1 is 1.27 bits per heavy atom. The van der Waals surface area contributed by atoms with Gasteiger partial charge in [-0.3, -0.25) is 9.59 Å². The number of piperidine rings is 1. The average molecular weight is 410 g/mol. The maximum Gasteiger partial charge on any atom is 0.227 e. The van der Waals surface area contributed by atoms with Crippen LogP contribution in [0.15, 0.2) is 24.3 Å². The van der Waals surface area contributed by atoms with Crippen LogP contribution in [-0.4, -0.2) is 59.4 Å². The van der Waals surface area contributed by atoms with Gasteiger partial charge < -0.3 is 19.5 Å². The van der Waals surface area contributed by atoms with Gasteiger partial charge in [0.1, 0.15) is 5.60 Å². The highest BCUT2D eigenvalue weighted by atomic mass is 16.5. The minimum absolute atomic E-state index is 0.119. The molecule has 3 aliphatic rings. The van der Waals surface area contributed by atoms with Crippen LogP contribution >= 0.6 is 0 Å². The molecule has 5 rings (SSSR count). The lowest BCUT2D eigenvalue weighted by molar-refractivity contribution is -0.145. The molecule has 6 nitrogen and oxygen atoms in total. The smallest absolute Gasteiger partial charge is 0.227 e. The lowest BCUT2D eigenvalue weighted by atomic mass is 9.83. The molecule has 0 radical (unpaired) electrons. The second-order valence-corrected chi connectivity index (χ2v) is 9.54.